The molecule has 0 amide bonds. The van der Waals surface area contributed by atoms with Crippen molar-refractivity contribution in [3.63, 3.8) is 0 Å². The molecule has 0 radical (unpaired) electrons. The van der Waals surface area contributed by atoms with Gasteiger partial charge in [-0.25, -0.2) is 4.98 Å². The van der Waals surface area contributed by atoms with Crippen molar-refractivity contribution in [3.8, 4) is 5.69 Å². The molecule has 1 aliphatic heterocycles. The summed E-state index contributed by atoms with van der Waals surface area (Å²) in [6.07, 6.45) is 6.16. The second-order valence-electron chi connectivity index (χ2n) is 5.37. The molecule has 0 saturated carbocycles. The van der Waals surface area contributed by atoms with E-state index in [9.17, 15) is 0 Å². The molecular formula is C18H22ClN3S. The number of aromatic nitrogens is 2. The maximum atomic E-state index is 6.03. The van der Waals surface area contributed by atoms with Crippen LogP contribution in [0, 0.1) is 0 Å². The lowest BCUT2D eigenvalue weighted by Crippen LogP contribution is -2.15. The summed E-state index contributed by atoms with van der Waals surface area (Å²) in [6.45, 7) is 8.31. The van der Waals surface area contributed by atoms with Crippen LogP contribution in [-0.2, 0) is 6.42 Å². The quantitative estimate of drug-likeness (QED) is 0.723. The van der Waals surface area contributed by atoms with Crippen molar-refractivity contribution >= 4 is 40.6 Å². The lowest BCUT2D eigenvalue weighted by molar-refractivity contribution is 0.804. The standard InChI is InChI=1S/C14H14ClN3.C4H8S/c1-3-4-14-16-8-13-9(2)17-11-7-10(15)5-6-12(11)18(13)14;1-2-3-4-5/h5-8,17H,2-4H2,1H3;4H,2-3H2,1H3. The molecule has 0 bridgehead atoms. The van der Waals surface area contributed by atoms with Crippen LogP contribution in [0.1, 0.15) is 44.6 Å². The van der Waals surface area contributed by atoms with Crippen molar-refractivity contribution in [2.24, 2.45) is 0 Å². The Morgan fingerprint density at radius 3 is 2.74 bits per heavy atom. The van der Waals surface area contributed by atoms with Gasteiger partial charge in [0.05, 0.1) is 29.0 Å². The van der Waals surface area contributed by atoms with Crippen LogP contribution in [0.5, 0.6) is 0 Å². The minimum absolute atomic E-state index is 0.717. The molecule has 5 heteroatoms. The van der Waals surface area contributed by atoms with Crippen LogP contribution >= 0.6 is 23.8 Å². The first-order valence-corrected chi connectivity index (χ1v) is 8.73. The van der Waals surface area contributed by atoms with Gasteiger partial charge in [-0.1, -0.05) is 50.7 Å². The molecule has 0 saturated heterocycles. The first-order chi connectivity index (χ1) is 11.1. The van der Waals surface area contributed by atoms with Gasteiger partial charge >= 0.3 is 0 Å². The van der Waals surface area contributed by atoms with Crippen LogP contribution in [-0.4, -0.2) is 14.9 Å². The summed E-state index contributed by atoms with van der Waals surface area (Å²) in [5.41, 5.74) is 3.95. The minimum atomic E-state index is 0.717. The van der Waals surface area contributed by atoms with Crippen molar-refractivity contribution in [3.05, 3.63) is 47.5 Å². The van der Waals surface area contributed by atoms with E-state index in [4.69, 9.17) is 11.6 Å². The van der Waals surface area contributed by atoms with Crippen molar-refractivity contribution in [2.75, 3.05) is 5.32 Å². The van der Waals surface area contributed by atoms with Gasteiger partial charge in [-0.05, 0) is 36.4 Å². The van der Waals surface area contributed by atoms with E-state index < -0.39 is 0 Å². The second-order valence-corrected chi connectivity index (χ2v) is 6.14. The lowest BCUT2D eigenvalue weighted by atomic mass is 10.1. The summed E-state index contributed by atoms with van der Waals surface area (Å²) in [4.78, 5) is 4.49. The number of imidazole rings is 1. The van der Waals surface area contributed by atoms with Gasteiger partial charge in [0.1, 0.15) is 5.82 Å². The molecule has 0 unspecified atom stereocenters. The SMILES string of the molecule is C=C1Nc2cc(Cl)ccc2-n2c1cnc2CCC.CCCC=S. The average molecular weight is 348 g/mol. The molecule has 1 N–H and O–H groups in total. The third kappa shape index (κ3) is 4.01. The number of aryl methyl sites for hydroxylation is 1. The van der Waals surface area contributed by atoms with E-state index in [-0.39, 0.29) is 0 Å². The predicted molar refractivity (Wildman–Crippen MR) is 104 cm³/mol. The highest BCUT2D eigenvalue weighted by atomic mass is 35.5. The Hall–Kier alpha value is -1.65. The fourth-order valence-corrected chi connectivity index (χ4v) is 2.83. The van der Waals surface area contributed by atoms with Gasteiger partial charge in [0, 0.05) is 11.4 Å². The number of hydrogen-bond acceptors (Lipinski definition) is 3. The molecule has 0 atom stereocenters. The Morgan fingerprint density at radius 1 is 1.35 bits per heavy atom. The van der Waals surface area contributed by atoms with Crippen LogP contribution in [0.4, 0.5) is 5.69 Å². The Bertz CT molecular complexity index is 706. The third-order valence-electron chi connectivity index (χ3n) is 3.51. The fourth-order valence-electron chi connectivity index (χ4n) is 2.42. The van der Waals surface area contributed by atoms with E-state index >= 15 is 0 Å². The number of unbranched alkanes of at least 4 members (excludes halogenated alkanes) is 1. The highest BCUT2D eigenvalue weighted by Gasteiger charge is 2.21. The highest BCUT2D eigenvalue weighted by molar-refractivity contribution is 7.78. The van der Waals surface area contributed by atoms with Crippen molar-refractivity contribution < 1.29 is 0 Å². The first-order valence-electron chi connectivity index (χ1n) is 7.88. The number of nitrogens with zero attached hydrogens (tertiary/aromatic N) is 2. The summed E-state index contributed by atoms with van der Waals surface area (Å²) in [5, 5.41) is 5.75. The molecule has 3 nitrogen and oxygen atoms in total. The highest BCUT2D eigenvalue weighted by Crippen LogP contribution is 2.34. The Labute approximate surface area is 148 Å². The van der Waals surface area contributed by atoms with Gasteiger partial charge in [0.2, 0.25) is 0 Å². The van der Waals surface area contributed by atoms with E-state index in [2.05, 4.69) is 47.5 Å². The van der Waals surface area contributed by atoms with Gasteiger partial charge in [-0.2, -0.15) is 0 Å². The van der Waals surface area contributed by atoms with Crippen LogP contribution in [0.2, 0.25) is 5.02 Å². The van der Waals surface area contributed by atoms with Crippen LogP contribution in [0.25, 0.3) is 11.4 Å². The summed E-state index contributed by atoms with van der Waals surface area (Å²) in [6, 6.07) is 5.83. The number of anilines is 1. The lowest BCUT2D eigenvalue weighted by Gasteiger charge is -2.24. The van der Waals surface area contributed by atoms with Crippen LogP contribution in [0.15, 0.2) is 31.0 Å². The van der Waals surface area contributed by atoms with E-state index in [0.717, 1.165) is 52.9 Å². The van der Waals surface area contributed by atoms with Gasteiger partial charge in [0.25, 0.3) is 0 Å². The molecular weight excluding hydrogens is 326 g/mol. The number of fused-ring (bicyclic) bond motifs is 3. The summed E-state index contributed by atoms with van der Waals surface area (Å²) >= 11 is 10.6. The molecule has 1 aromatic heterocycles. The zero-order chi connectivity index (χ0) is 16.8. The largest absolute Gasteiger partial charge is 0.352 e. The fraction of sp³-hybridized carbons (Fsp3) is 0.333. The summed E-state index contributed by atoms with van der Waals surface area (Å²) in [5.74, 6) is 1.07. The number of halogens is 1. The molecule has 122 valence electrons. The zero-order valence-electron chi connectivity index (χ0n) is 13.6. The topological polar surface area (TPSA) is 29.9 Å². The number of benzene rings is 1. The number of nitrogens with one attached hydrogen (secondary N) is 1. The molecule has 1 aliphatic rings. The molecule has 2 aromatic rings. The van der Waals surface area contributed by atoms with E-state index in [0.29, 0.717) is 0 Å². The van der Waals surface area contributed by atoms with E-state index in [1.807, 2.05) is 24.4 Å². The third-order valence-corrected chi connectivity index (χ3v) is 3.98. The van der Waals surface area contributed by atoms with Crippen LogP contribution in [0.3, 0.4) is 0 Å². The van der Waals surface area contributed by atoms with Gasteiger partial charge in [-0.15, -0.1) is 0 Å². The maximum absolute atomic E-state index is 6.03. The van der Waals surface area contributed by atoms with Crippen molar-refractivity contribution in [1.29, 1.82) is 0 Å². The van der Waals surface area contributed by atoms with E-state index in [1.165, 1.54) is 6.42 Å². The zero-order valence-corrected chi connectivity index (χ0v) is 15.2. The monoisotopic (exact) mass is 347 g/mol. The molecule has 2 heterocycles. The normalized spacial score (nSPS) is 11.7. The van der Waals surface area contributed by atoms with Crippen molar-refractivity contribution in [1.82, 2.24) is 9.55 Å². The molecule has 0 fully saturated rings. The Kier molecular flexibility index (Phi) is 6.37. The molecule has 0 aliphatic carbocycles. The smallest absolute Gasteiger partial charge is 0.113 e. The molecule has 23 heavy (non-hydrogen) atoms. The molecule has 3 rings (SSSR count). The predicted octanol–water partition coefficient (Wildman–Crippen LogP) is 5.66. The number of thiocarbonyl (C=S) groups is 1. The maximum Gasteiger partial charge on any atom is 0.113 e. The summed E-state index contributed by atoms with van der Waals surface area (Å²) < 4.78 is 2.16. The van der Waals surface area contributed by atoms with Gasteiger partial charge < -0.3 is 5.32 Å². The summed E-state index contributed by atoms with van der Waals surface area (Å²) in [7, 11) is 0. The van der Waals surface area contributed by atoms with Gasteiger partial charge in [0.15, 0.2) is 0 Å². The Morgan fingerprint density at radius 2 is 2.13 bits per heavy atom. The first kappa shape index (κ1) is 17.7. The van der Waals surface area contributed by atoms with Crippen molar-refractivity contribution in [2.45, 2.75) is 39.5 Å². The number of rotatable bonds is 4. The minimum Gasteiger partial charge on any atom is -0.352 e. The van der Waals surface area contributed by atoms with Gasteiger partial charge in [-0.3, -0.25) is 4.57 Å². The van der Waals surface area contributed by atoms with E-state index in [1.54, 1.807) is 5.37 Å². The number of hydrogen-bond donors (Lipinski definition) is 1. The molecule has 1 aromatic carbocycles. The van der Waals surface area contributed by atoms with Crippen LogP contribution < -0.4 is 5.32 Å². The Balaban J connectivity index is 0.000000338. The average Bonchev–Trinajstić information content (AvgIpc) is 2.94. The molecule has 0 spiro atoms. The second kappa shape index (κ2) is 8.27.